The molecule has 0 aliphatic carbocycles. The third kappa shape index (κ3) is 5.62. The standard InChI is InChI=1S/C31H31FN6/c1-7-19(2)36-24-14-23(15-34-16-24)28-12-13-29(33-6)31(38-28)20(3)22(5)37-30-18-35-17-26(21(30)4)25-10-8-9-11-27(25)32/h8-18,33,36-37H,2-3,5,7H2,1,4,6H3. The highest BCUT2D eigenvalue weighted by Crippen LogP contribution is 2.33. The monoisotopic (exact) mass is 506 g/mol. The maximum absolute atomic E-state index is 14.5. The van der Waals surface area contributed by atoms with Gasteiger partial charge in [0.2, 0.25) is 0 Å². The molecule has 0 aliphatic heterocycles. The maximum atomic E-state index is 14.5. The summed E-state index contributed by atoms with van der Waals surface area (Å²) in [5.41, 5.74) is 8.70. The fourth-order valence-corrected chi connectivity index (χ4v) is 3.98. The summed E-state index contributed by atoms with van der Waals surface area (Å²) in [6, 6.07) is 12.5. The second kappa shape index (κ2) is 11.5. The number of pyridine rings is 3. The van der Waals surface area contributed by atoms with Gasteiger partial charge in [0.25, 0.3) is 0 Å². The number of rotatable bonds is 10. The number of allylic oxidation sites excluding steroid dienone is 2. The van der Waals surface area contributed by atoms with E-state index in [4.69, 9.17) is 4.98 Å². The summed E-state index contributed by atoms with van der Waals surface area (Å²) in [7, 11) is 1.83. The number of benzene rings is 1. The SMILES string of the molecule is C=C(CC)Nc1cncc(-c2ccc(NC)c(C(=C)C(=C)Nc3cncc(-c4ccccc4F)c3C)n2)c1. The Morgan fingerprint density at radius 3 is 2.39 bits per heavy atom. The number of hydrogen-bond acceptors (Lipinski definition) is 6. The molecule has 0 saturated heterocycles. The van der Waals surface area contributed by atoms with Gasteiger partial charge in [0.1, 0.15) is 5.82 Å². The molecule has 0 amide bonds. The summed E-state index contributed by atoms with van der Waals surface area (Å²) in [6.45, 7) is 16.4. The Bertz CT molecular complexity index is 1520. The minimum atomic E-state index is -0.301. The highest BCUT2D eigenvalue weighted by atomic mass is 19.1. The van der Waals surface area contributed by atoms with Crippen molar-refractivity contribution in [2.75, 3.05) is 23.0 Å². The van der Waals surface area contributed by atoms with Crippen LogP contribution in [-0.4, -0.2) is 22.0 Å². The molecule has 38 heavy (non-hydrogen) atoms. The molecule has 0 fully saturated rings. The molecule has 0 unspecified atom stereocenters. The van der Waals surface area contributed by atoms with Gasteiger partial charge in [-0.2, -0.15) is 0 Å². The number of hydrogen-bond donors (Lipinski definition) is 3. The number of anilines is 3. The zero-order valence-electron chi connectivity index (χ0n) is 21.9. The van der Waals surface area contributed by atoms with Crippen molar-refractivity contribution in [2.24, 2.45) is 0 Å². The predicted molar refractivity (Wildman–Crippen MR) is 156 cm³/mol. The first kappa shape index (κ1) is 26.3. The molecule has 0 bridgehead atoms. The summed E-state index contributed by atoms with van der Waals surface area (Å²) in [5, 5.41) is 9.75. The molecule has 0 aliphatic rings. The molecule has 3 heterocycles. The van der Waals surface area contributed by atoms with E-state index >= 15 is 0 Å². The van der Waals surface area contributed by atoms with Gasteiger partial charge in [-0.3, -0.25) is 9.97 Å². The van der Waals surface area contributed by atoms with Gasteiger partial charge in [-0.05, 0) is 43.2 Å². The smallest absolute Gasteiger partial charge is 0.131 e. The summed E-state index contributed by atoms with van der Waals surface area (Å²) in [5.74, 6) is -0.301. The van der Waals surface area contributed by atoms with Gasteiger partial charge < -0.3 is 16.0 Å². The van der Waals surface area contributed by atoms with Crippen LogP contribution >= 0.6 is 0 Å². The van der Waals surface area contributed by atoms with E-state index in [1.54, 1.807) is 43.0 Å². The second-order valence-electron chi connectivity index (χ2n) is 8.81. The molecule has 0 atom stereocenters. The predicted octanol–water partition coefficient (Wildman–Crippen LogP) is 7.67. The van der Waals surface area contributed by atoms with Crippen molar-refractivity contribution >= 4 is 22.6 Å². The van der Waals surface area contributed by atoms with Crippen molar-refractivity contribution < 1.29 is 4.39 Å². The van der Waals surface area contributed by atoms with Crippen LogP contribution in [0.5, 0.6) is 0 Å². The Kier molecular flexibility index (Phi) is 7.97. The Labute approximate surface area is 223 Å². The molecule has 0 spiro atoms. The van der Waals surface area contributed by atoms with Crippen LogP contribution in [0, 0.1) is 12.7 Å². The van der Waals surface area contributed by atoms with E-state index in [1.165, 1.54) is 6.07 Å². The lowest BCUT2D eigenvalue weighted by atomic mass is 10.0. The molecular weight excluding hydrogens is 475 g/mol. The third-order valence-electron chi connectivity index (χ3n) is 6.26. The van der Waals surface area contributed by atoms with Crippen LogP contribution in [0.3, 0.4) is 0 Å². The third-order valence-corrected chi connectivity index (χ3v) is 6.26. The highest BCUT2D eigenvalue weighted by Gasteiger charge is 2.16. The Balaban J connectivity index is 1.62. The van der Waals surface area contributed by atoms with Crippen LogP contribution in [0.15, 0.2) is 98.4 Å². The van der Waals surface area contributed by atoms with Gasteiger partial charge >= 0.3 is 0 Å². The van der Waals surface area contributed by atoms with Gasteiger partial charge in [-0.1, -0.05) is 44.9 Å². The van der Waals surface area contributed by atoms with Crippen LogP contribution < -0.4 is 16.0 Å². The molecule has 7 heteroatoms. The highest BCUT2D eigenvalue weighted by molar-refractivity contribution is 5.86. The first-order valence-electron chi connectivity index (χ1n) is 12.3. The van der Waals surface area contributed by atoms with Crippen LogP contribution in [0.4, 0.5) is 21.5 Å². The van der Waals surface area contributed by atoms with E-state index < -0.39 is 0 Å². The van der Waals surface area contributed by atoms with Gasteiger partial charge in [-0.15, -0.1) is 0 Å². The van der Waals surface area contributed by atoms with Crippen molar-refractivity contribution in [3.05, 3.63) is 115 Å². The van der Waals surface area contributed by atoms with E-state index in [-0.39, 0.29) is 5.82 Å². The van der Waals surface area contributed by atoms with E-state index in [0.717, 1.165) is 40.3 Å². The molecular formula is C31H31FN6. The zero-order chi connectivity index (χ0) is 27.2. The van der Waals surface area contributed by atoms with Crippen molar-refractivity contribution in [1.29, 1.82) is 0 Å². The van der Waals surface area contributed by atoms with Gasteiger partial charge in [0.15, 0.2) is 0 Å². The van der Waals surface area contributed by atoms with Crippen LogP contribution in [0.2, 0.25) is 0 Å². The first-order valence-corrected chi connectivity index (χ1v) is 12.3. The average molecular weight is 507 g/mol. The fourth-order valence-electron chi connectivity index (χ4n) is 3.98. The first-order chi connectivity index (χ1) is 18.3. The minimum absolute atomic E-state index is 0.301. The molecule has 6 nitrogen and oxygen atoms in total. The van der Waals surface area contributed by atoms with E-state index in [9.17, 15) is 4.39 Å². The number of halogens is 1. The van der Waals surface area contributed by atoms with E-state index in [1.807, 2.05) is 39.1 Å². The Hall–Kier alpha value is -4.78. The lowest BCUT2D eigenvalue weighted by Crippen LogP contribution is -2.07. The average Bonchev–Trinajstić information content (AvgIpc) is 2.94. The zero-order valence-corrected chi connectivity index (χ0v) is 21.9. The van der Waals surface area contributed by atoms with Crippen molar-refractivity contribution in [2.45, 2.75) is 20.3 Å². The summed E-state index contributed by atoms with van der Waals surface area (Å²) >= 11 is 0. The summed E-state index contributed by atoms with van der Waals surface area (Å²) in [6.07, 6.45) is 7.69. The molecule has 192 valence electrons. The maximum Gasteiger partial charge on any atom is 0.131 e. The molecule has 3 N–H and O–H groups in total. The lowest BCUT2D eigenvalue weighted by Gasteiger charge is -2.18. The molecule has 4 aromatic rings. The molecule has 4 rings (SSSR count). The van der Waals surface area contributed by atoms with Crippen LogP contribution in [0.1, 0.15) is 24.6 Å². The molecule has 3 aromatic heterocycles. The molecule has 0 radical (unpaired) electrons. The van der Waals surface area contributed by atoms with Crippen LogP contribution in [0.25, 0.3) is 28.0 Å². The van der Waals surface area contributed by atoms with Gasteiger partial charge in [0.05, 0.1) is 40.8 Å². The number of nitrogens with zero attached hydrogens (tertiary/aromatic N) is 3. The Morgan fingerprint density at radius 1 is 0.895 bits per heavy atom. The molecule has 1 aromatic carbocycles. The summed E-state index contributed by atoms with van der Waals surface area (Å²) < 4.78 is 14.5. The van der Waals surface area contributed by atoms with Crippen LogP contribution in [-0.2, 0) is 0 Å². The minimum Gasteiger partial charge on any atom is -0.386 e. The van der Waals surface area contributed by atoms with Crippen molar-refractivity contribution in [1.82, 2.24) is 15.0 Å². The quantitative estimate of drug-likeness (QED) is 0.192. The van der Waals surface area contributed by atoms with E-state index in [2.05, 4.69) is 45.7 Å². The topological polar surface area (TPSA) is 74.8 Å². The number of aromatic nitrogens is 3. The second-order valence-corrected chi connectivity index (χ2v) is 8.81. The summed E-state index contributed by atoms with van der Waals surface area (Å²) in [4.78, 5) is 13.6. The largest absolute Gasteiger partial charge is 0.386 e. The molecule has 0 saturated carbocycles. The van der Waals surface area contributed by atoms with Gasteiger partial charge in [-0.25, -0.2) is 9.37 Å². The number of nitrogens with one attached hydrogen (secondary N) is 3. The Morgan fingerprint density at radius 2 is 1.66 bits per heavy atom. The van der Waals surface area contributed by atoms with E-state index in [0.29, 0.717) is 33.8 Å². The normalized spacial score (nSPS) is 10.5. The van der Waals surface area contributed by atoms with Gasteiger partial charge in [0, 0.05) is 53.1 Å². The van der Waals surface area contributed by atoms with Crippen molar-refractivity contribution in [3.63, 3.8) is 0 Å². The van der Waals surface area contributed by atoms with Crippen molar-refractivity contribution in [3.8, 4) is 22.4 Å². The lowest BCUT2D eigenvalue weighted by molar-refractivity contribution is 0.631. The fraction of sp³-hybridized carbons (Fsp3) is 0.129.